The Morgan fingerprint density at radius 3 is 2.66 bits per heavy atom. The van der Waals surface area contributed by atoms with Gasteiger partial charge in [0.1, 0.15) is 28.0 Å². The number of hydrogen-bond donors (Lipinski definition) is 1. The zero-order valence-corrected chi connectivity index (χ0v) is 22.8. The van der Waals surface area contributed by atoms with E-state index in [1.165, 1.54) is 11.8 Å². The fourth-order valence-corrected chi connectivity index (χ4v) is 6.31. The van der Waals surface area contributed by atoms with Crippen molar-refractivity contribution in [1.29, 1.82) is 0 Å². The summed E-state index contributed by atoms with van der Waals surface area (Å²) in [5.74, 6) is 1.99. The van der Waals surface area contributed by atoms with Gasteiger partial charge in [-0.1, -0.05) is 6.07 Å². The van der Waals surface area contributed by atoms with E-state index in [1.54, 1.807) is 4.90 Å². The molecule has 0 unspecified atom stereocenters. The molecule has 38 heavy (non-hydrogen) atoms. The van der Waals surface area contributed by atoms with Gasteiger partial charge < -0.3 is 24.6 Å². The van der Waals surface area contributed by atoms with E-state index in [0.29, 0.717) is 31.7 Å². The fourth-order valence-electron chi connectivity index (χ4n) is 5.77. The number of ether oxygens (including phenoxy) is 2. The van der Waals surface area contributed by atoms with Gasteiger partial charge >= 0.3 is 0 Å². The molecule has 0 bridgehead atoms. The Balaban J connectivity index is 1.09. The number of aryl methyl sites for hydroxylation is 1. The molecule has 1 amide bonds. The Morgan fingerprint density at radius 1 is 1.16 bits per heavy atom. The third-order valence-electron chi connectivity index (χ3n) is 8.09. The number of carbonyl (C=O) groups excluding carboxylic acids is 1. The number of carbonyl (C=O) groups is 1. The van der Waals surface area contributed by atoms with E-state index >= 15 is 0 Å². The number of sulfone groups is 1. The molecule has 204 valence electrons. The predicted octanol–water partition coefficient (Wildman–Crippen LogP) is 1.91. The van der Waals surface area contributed by atoms with Crippen molar-refractivity contribution < 1.29 is 22.7 Å². The van der Waals surface area contributed by atoms with Gasteiger partial charge in [-0.05, 0) is 30.2 Å². The van der Waals surface area contributed by atoms with Crippen molar-refractivity contribution in [2.24, 2.45) is 0 Å². The molecule has 6 rings (SSSR count). The van der Waals surface area contributed by atoms with Crippen molar-refractivity contribution in [2.45, 2.75) is 31.9 Å². The second-order valence-electron chi connectivity index (χ2n) is 10.9. The number of morpholine rings is 1. The van der Waals surface area contributed by atoms with Gasteiger partial charge in [0.15, 0.2) is 0 Å². The van der Waals surface area contributed by atoms with E-state index in [4.69, 9.17) is 9.47 Å². The summed E-state index contributed by atoms with van der Waals surface area (Å²) in [6, 6.07) is 6.85. The van der Waals surface area contributed by atoms with Crippen molar-refractivity contribution in [3.63, 3.8) is 0 Å². The molecule has 0 aliphatic carbocycles. The van der Waals surface area contributed by atoms with E-state index < -0.39 is 9.84 Å². The number of benzene rings is 1. The summed E-state index contributed by atoms with van der Waals surface area (Å²) in [7, 11) is -3.12. The minimum absolute atomic E-state index is 0.0677. The maximum Gasteiger partial charge on any atom is 0.223 e. The zero-order chi connectivity index (χ0) is 26.4. The Hall–Kier alpha value is -2.89. The summed E-state index contributed by atoms with van der Waals surface area (Å²) in [5, 5.41) is 3.57. The summed E-state index contributed by atoms with van der Waals surface area (Å²) < 4.78 is 34.5. The minimum atomic E-state index is -3.12. The van der Waals surface area contributed by atoms with Crippen molar-refractivity contribution in [3.05, 3.63) is 41.1 Å². The molecular formula is C27H35N5O5S. The van der Waals surface area contributed by atoms with Gasteiger partial charge in [-0.15, -0.1) is 0 Å². The Bertz CT molecular complexity index is 1330. The molecule has 5 heterocycles. The lowest BCUT2D eigenvalue weighted by Gasteiger charge is -2.52. The van der Waals surface area contributed by atoms with Crippen molar-refractivity contribution in [3.8, 4) is 5.75 Å². The highest BCUT2D eigenvalue weighted by Crippen LogP contribution is 2.42. The van der Waals surface area contributed by atoms with Crippen LogP contribution in [0.1, 0.15) is 29.0 Å². The maximum absolute atomic E-state index is 12.2. The number of rotatable bonds is 6. The smallest absolute Gasteiger partial charge is 0.223 e. The number of anilines is 3. The lowest BCUT2D eigenvalue weighted by molar-refractivity contribution is -0.139. The van der Waals surface area contributed by atoms with Gasteiger partial charge in [0, 0.05) is 75.8 Å². The van der Waals surface area contributed by atoms with E-state index in [-0.39, 0.29) is 18.1 Å². The monoisotopic (exact) mass is 541 g/mol. The quantitative estimate of drug-likeness (QED) is 0.587. The minimum Gasteiger partial charge on any atom is -0.486 e. The average molecular weight is 542 g/mol. The first kappa shape index (κ1) is 25.4. The number of amides is 1. The van der Waals surface area contributed by atoms with E-state index in [9.17, 15) is 13.2 Å². The van der Waals surface area contributed by atoms with Gasteiger partial charge in [-0.3, -0.25) is 9.69 Å². The summed E-state index contributed by atoms with van der Waals surface area (Å²) in [6.45, 7) is 9.00. The van der Waals surface area contributed by atoms with Crippen LogP contribution in [-0.2, 0) is 26.0 Å². The average Bonchev–Trinajstić information content (AvgIpc) is 3.02. The first-order valence-corrected chi connectivity index (χ1v) is 15.4. The molecule has 3 fully saturated rings. The molecule has 4 aliphatic rings. The summed E-state index contributed by atoms with van der Waals surface area (Å²) in [5.41, 5.74) is 5.56. The molecule has 1 aromatic carbocycles. The van der Waals surface area contributed by atoms with Crippen LogP contribution in [0.15, 0.2) is 24.4 Å². The first-order chi connectivity index (χ1) is 18.2. The number of fused-ring (bicyclic) bond motifs is 2. The number of hydrogen-bond acceptors (Lipinski definition) is 9. The molecule has 0 atom stereocenters. The normalized spacial score (nSPS) is 20.4. The van der Waals surface area contributed by atoms with Crippen molar-refractivity contribution >= 4 is 32.9 Å². The van der Waals surface area contributed by atoms with Crippen LogP contribution < -0.4 is 15.0 Å². The van der Waals surface area contributed by atoms with Gasteiger partial charge in [0.05, 0.1) is 30.2 Å². The van der Waals surface area contributed by atoms with Gasteiger partial charge in [0.25, 0.3) is 0 Å². The Labute approximate surface area is 223 Å². The van der Waals surface area contributed by atoms with Gasteiger partial charge in [-0.25, -0.2) is 13.4 Å². The fraction of sp³-hybridized carbons (Fsp3) is 0.556. The number of likely N-dealkylation sites (tertiary alicyclic amines) is 2. The van der Waals surface area contributed by atoms with E-state index in [1.807, 2.05) is 6.20 Å². The molecule has 0 spiro atoms. The molecule has 0 saturated carbocycles. The Kier molecular flexibility index (Phi) is 6.69. The van der Waals surface area contributed by atoms with Crippen LogP contribution in [0.5, 0.6) is 5.75 Å². The van der Waals surface area contributed by atoms with Crippen LogP contribution in [-0.4, -0.2) is 99.6 Å². The van der Waals surface area contributed by atoms with Crippen LogP contribution in [0, 0.1) is 6.92 Å². The summed E-state index contributed by atoms with van der Waals surface area (Å²) in [6.07, 6.45) is 3.10. The Morgan fingerprint density at radius 2 is 1.92 bits per heavy atom. The maximum atomic E-state index is 12.2. The van der Waals surface area contributed by atoms with Crippen LogP contribution in [0.4, 0.5) is 17.2 Å². The second kappa shape index (κ2) is 10.0. The third kappa shape index (κ3) is 5.06. The standard InChI is InChI=1S/C27H35N5O5S/c1-18-11-19(20-13-31(14-20)21-15-32(16-21)25(33)4-10-38(2,34)35)12-23-26(18)37-17-22-24(3-5-28-27(22)29-23)30-6-8-36-9-7-30/h3,5,11-12,20-21H,4,6-10,13-17H2,1-2H3,(H,28,29). The van der Waals surface area contributed by atoms with Crippen LogP contribution >= 0.6 is 0 Å². The lowest BCUT2D eigenvalue weighted by atomic mass is 9.87. The molecule has 1 N–H and O–H groups in total. The number of nitrogens with zero attached hydrogens (tertiary/aromatic N) is 4. The zero-order valence-electron chi connectivity index (χ0n) is 22.0. The molecule has 0 radical (unpaired) electrons. The predicted molar refractivity (Wildman–Crippen MR) is 145 cm³/mol. The molecule has 3 saturated heterocycles. The highest BCUT2D eigenvalue weighted by Gasteiger charge is 2.41. The summed E-state index contributed by atoms with van der Waals surface area (Å²) >= 11 is 0. The number of nitrogens with one attached hydrogen (secondary N) is 1. The third-order valence-corrected chi connectivity index (χ3v) is 9.04. The van der Waals surface area contributed by atoms with E-state index in [0.717, 1.165) is 73.5 Å². The first-order valence-electron chi connectivity index (χ1n) is 13.3. The summed E-state index contributed by atoms with van der Waals surface area (Å²) in [4.78, 5) is 23.4. The SMILES string of the molecule is Cc1cc(C2CN(C3CN(C(=O)CCS(C)(=O)=O)C3)C2)cc2c1OCc1c(N3CCOCC3)ccnc1N2. The van der Waals surface area contributed by atoms with E-state index in [2.05, 4.69) is 45.2 Å². The largest absolute Gasteiger partial charge is 0.486 e. The van der Waals surface area contributed by atoms with Crippen molar-refractivity contribution in [1.82, 2.24) is 14.8 Å². The van der Waals surface area contributed by atoms with Gasteiger partial charge in [-0.2, -0.15) is 0 Å². The molecule has 10 nitrogen and oxygen atoms in total. The van der Waals surface area contributed by atoms with Crippen LogP contribution in [0.2, 0.25) is 0 Å². The number of pyridine rings is 1. The highest BCUT2D eigenvalue weighted by atomic mass is 32.2. The van der Waals surface area contributed by atoms with Crippen LogP contribution in [0.25, 0.3) is 0 Å². The molecule has 4 aliphatic heterocycles. The molecule has 1 aromatic heterocycles. The lowest BCUT2D eigenvalue weighted by Crippen LogP contribution is -2.65. The topological polar surface area (TPSA) is 104 Å². The second-order valence-corrected chi connectivity index (χ2v) is 13.1. The van der Waals surface area contributed by atoms with Crippen molar-refractivity contribution in [2.75, 3.05) is 74.7 Å². The molecule has 2 aromatic rings. The van der Waals surface area contributed by atoms with Crippen LogP contribution in [0.3, 0.4) is 0 Å². The van der Waals surface area contributed by atoms with Gasteiger partial charge in [0.2, 0.25) is 5.91 Å². The molecule has 11 heteroatoms. The molecular weight excluding hydrogens is 506 g/mol. The highest BCUT2D eigenvalue weighted by molar-refractivity contribution is 7.90. The number of aromatic nitrogens is 1.